The van der Waals surface area contributed by atoms with E-state index in [2.05, 4.69) is 49.2 Å². The number of nitrogens with one attached hydrogen (secondary N) is 2. The van der Waals surface area contributed by atoms with Crippen molar-refractivity contribution in [2.75, 3.05) is 62.0 Å². The molecule has 0 radical (unpaired) electrons. The minimum absolute atomic E-state index is 0.272. The van der Waals surface area contributed by atoms with Crippen LogP contribution in [0.4, 0.5) is 23.0 Å². The fourth-order valence-electron chi connectivity index (χ4n) is 4.31. The van der Waals surface area contributed by atoms with Crippen LogP contribution in [0.2, 0.25) is 0 Å². The number of carbonyl (C=O) groups is 1. The van der Waals surface area contributed by atoms with Crippen LogP contribution in [0.15, 0.2) is 73.6 Å². The van der Waals surface area contributed by atoms with E-state index < -0.39 is 0 Å². The minimum Gasteiger partial charge on any atom is -0.383 e. The first-order valence-electron chi connectivity index (χ1n) is 12.2. The molecule has 4 aromatic rings. The lowest BCUT2D eigenvalue weighted by Crippen LogP contribution is -2.47. The Morgan fingerprint density at radius 2 is 1.86 bits per heavy atom. The normalized spacial score (nSPS) is 14.0. The third-order valence-electron chi connectivity index (χ3n) is 6.33. The topological polar surface area (TPSA) is 100 Å². The summed E-state index contributed by atoms with van der Waals surface area (Å²) in [5.41, 5.74) is 4.19. The second kappa shape index (κ2) is 11.2. The van der Waals surface area contributed by atoms with Gasteiger partial charge in [-0.05, 0) is 48.5 Å². The van der Waals surface area contributed by atoms with E-state index in [1.807, 2.05) is 36.4 Å². The molecule has 190 valence electrons. The zero-order valence-corrected chi connectivity index (χ0v) is 20.8. The molecule has 0 unspecified atom stereocenters. The standard InChI is InChI=1S/C27H30N8O2/c1-3-25(36)30-22-5-4-6-24(17-22)35-26-20(19-29-35)18-28-27(32-26)31-21-7-9-23(10-8-21)34-13-11-33(12-14-34)15-16-37-2/h3-10,17-19H,1,11-16H2,2H3,(H,30,36)(H,28,31,32). The fourth-order valence-corrected chi connectivity index (χ4v) is 4.31. The van der Waals surface area contributed by atoms with Crippen molar-refractivity contribution >= 4 is 40.0 Å². The third-order valence-corrected chi connectivity index (χ3v) is 6.33. The Kier molecular flexibility index (Phi) is 7.38. The maximum absolute atomic E-state index is 11.7. The lowest BCUT2D eigenvalue weighted by Gasteiger charge is -2.36. The molecule has 2 aromatic carbocycles. The molecule has 37 heavy (non-hydrogen) atoms. The highest BCUT2D eigenvalue weighted by Gasteiger charge is 2.17. The monoisotopic (exact) mass is 498 g/mol. The SMILES string of the molecule is C=CC(=O)Nc1cccc(-n2ncc3cnc(Nc4ccc(N5CCN(CCOC)CC5)cc4)nc32)c1. The first kappa shape index (κ1) is 24.4. The van der Waals surface area contributed by atoms with E-state index in [1.54, 1.807) is 24.2 Å². The number of anilines is 4. The summed E-state index contributed by atoms with van der Waals surface area (Å²) in [5.74, 6) is 0.205. The van der Waals surface area contributed by atoms with Crippen molar-refractivity contribution in [3.63, 3.8) is 0 Å². The van der Waals surface area contributed by atoms with E-state index in [4.69, 9.17) is 9.72 Å². The van der Waals surface area contributed by atoms with Gasteiger partial charge in [0.15, 0.2) is 5.65 Å². The second-order valence-corrected chi connectivity index (χ2v) is 8.77. The van der Waals surface area contributed by atoms with E-state index in [0.717, 1.165) is 56.1 Å². The molecule has 0 saturated carbocycles. The Balaban J connectivity index is 1.28. The molecule has 3 heterocycles. The largest absolute Gasteiger partial charge is 0.383 e. The molecule has 1 aliphatic heterocycles. The number of benzene rings is 2. The summed E-state index contributed by atoms with van der Waals surface area (Å²) < 4.78 is 6.92. The van der Waals surface area contributed by atoms with Crippen molar-refractivity contribution in [1.29, 1.82) is 0 Å². The van der Waals surface area contributed by atoms with Gasteiger partial charge in [0.25, 0.3) is 0 Å². The number of ether oxygens (including phenoxy) is 1. The predicted octanol–water partition coefficient (Wildman–Crippen LogP) is 3.45. The van der Waals surface area contributed by atoms with E-state index in [-0.39, 0.29) is 5.91 Å². The zero-order chi connectivity index (χ0) is 25.6. The second-order valence-electron chi connectivity index (χ2n) is 8.77. The van der Waals surface area contributed by atoms with Gasteiger partial charge in [0.1, 0.15) is 0 Å². The molecule has 2 aromatic heterocycles. The van der Waals surface area contributed by atoms with E-state index >= 15 is 0 Å². The summed E-state index contributed by atoms with van der Waals surface area (Å²) in [6, 6.07) is 15.7. The van der Waals surface area contributed by atoms with Crippen LogP contribution in [0.25, 0.3) is 16.7 Å². The van der Waals surface area contributed by atoms with Gasteiger partial charge in [-0.2, -0.15) is 10.1 Å². The summed E-state index contributed by atoms with van der Waals surface area (Å²) in [5, 5.41) is 11.4. The molecule has 10 heteroatoms. The highest BCUT2D eigenvalue weighted by Crippen LogP contribution is 2.23. The van der Waals surface area contributed by atoms with Gasteiger partial charge in [0.05, 0.1) is 23.9 Å². The summed E-state index contributed by atoms with van der Waals surface area (Å²) >= 11 is 0. The van der Waals surface area contributed by atoms with E-state index in [9.17, 15) is 4.79 Å². The number of nitrogens with zero attached hydrogens (tertiary/aromatic N) is 6. The number of hydrogen-bond donors (Lipinski definition) is 2. The summed E-state index contributed by atoms with van der Waals surface area (Å²) in [7, 11) is 1.75. The quantitative estimate of drug-likeness (QED) is 0.339. The molecular weight excluding hydrogens is 468 g/mol. The summed E-state index contributed by atoms with van der Waals surface area (Å²) in [6.07, 6.45) is 4.70. The predicted molar refractivity (Wildman–Crippen MR) is 146 cm³/mol. The highest BCUT2D eigenvalue weighted by molar-refractivity contribution is 5.99. The summed E-state index contributed by atoms with van der Waals surface area (Å²) in [4.78, 5) is 25.7. The molecule has 2 N–H and O–H groups in total. The van der Waals surface area contributed by atoms with Crippen molar-refractivity contribution < 1.29 is 9.53 Å². The van der Waals surface area contributed by atoms with Gasteiger partial charge < -0.3 is 20.3 Å². The van der Waals surface area contributed by atoms with Gasteiger partial charge in [-0.1, -0.05) is 12.6 Å². The molecule has 1 aliphatic rings. The van der Waals surface area contributed by atoms with Gasteiger partial charge in [-0.15, -0.1) is 0 Å². The number of amides is 1. The molecule has 5 rings (SSSR count). The van der Waals surface area contributed by atoms with Gasteiger partial charge >= 0.3 is 0 Å². The highest BCUT2D eigenvalue weighted by atomic mass is 16.5. The zero-order valence-electron chi connectivity index (χ0n) is 20.8. The van der Waals surface area contributed by atoms with Crippen LogP contribution in [-0.2, 0) is 9.53 Å². The van der Waals surface area contributed by atoms with Crippen molar-refractivity contribution in [3.8, 4) is 5.69 Å². The molecule has 10 nitrogen and oxygen atoms in total. The van der Waals surface area contributed by atoms with E-state index in [0.29, 0.717) is 17.3 Å². The number of aromatic nitrogens is 4. The maximum Gasteiger partial charge on any atom is 0.247 e. The third kappa shape index (κ3) is 5.76. The van der Waals surface area contributed by atoms with Crippen LogP contribution < -0.4 is 15.5 Å². The van der Waals surface area contributed by atoms with Crippen LogP contribution in [0.3, 0.4) is 0 Å². The Hall–Kier alpha value is -4.28. The molecule has 0 spiro atoms. The number of carbonyl (C=O) groups excluding carboxylic acids is 1. The number of rotatable bonds is 9. The fraction of sp³-hybridized carbons (Fsp3) is 0.259. The average molecular weight is 499 g/mol. The Labute approximate surface area is 215 Å². The Bertz CT molecular complexity index is 1380. The van der Waals surface area contributed by atoms with Crippen molar-refractivity contribution in [2.45, 2.75) is 0 Å². The van der Waals surface area contributed by atoms with Crippen LogP contribution in [-0.4, -0.2) is 77.0 Å². The average Bonchev–Trinajstić information content (AvgIpc) is 3.36. The molecule has 0 bridgehead atoms. The Morgan fingerprint density at radius 3 is 2.62 bits per heavy atom. The minimum atomic E-state index is -0.272. The van der Waals surface area contributed by atoms with E-state index in [1.165, 1.54) is 11.8 Å². The van der Waals surface area contributed by atoms with Gasteiger partial charge in [-0.3, -0.25) is 9.69 Å². The number of piperazine rings is 1. The maximum atomic E-state index is 11.7. The van der Waals surface area contributed by atoms with Gasteiger partial charge in [0.2, 0.25) is 11.9 Å². The molecular formula is C27H30N8O2. The first-order chi connectivity index (χ1) is 18.1. The molecule has 0 aliphatic carbocycles. The smallest absolute Gasteiger partial charge is 0.247 e. The van der Waals surface area contributed by atoms with Gasteiger partial charge in [-0.25, -0.2) is 9.67 Å². The first-order valence-corrected chi connectivity index (χ1v) is 12.2. The van der Waals surface area contributed by atoms with Crippen LogP contribution in [0.1, 0.15) is 0 Å². The lowest BCUT2D eigenvalue weighted by molar-refractivity contribution is -0.111. The van der Waals surface area contributed by atoms with Crippen LogP contribution >= 0.6 is 0 Å². The lowest BCUT2D eigenvalue weighted by atomic mass is 10.2. The number of methoxy groups -OCH3 is 1. The number of fused-ring (bicyclic) bond motifs is 1. The molecule has 1 amide bonds. The summed E-state index contributed by atoms with van der Waals surface area (Å²) in [6.45, 7) is 9.32. The molecule has 1 saturated heterocycles. The van der Waals surface area contributed by atoms with Crippen molar-refractivity contribution in [3.05, 3.63) is 73.6 Å². The van der Waals surface area contributed by atoms with Crippen molar-refractivity contribution in [1.82, 2.24) is 24.6 Å². The van der Waals surface area contributed by atoms with Gasteiger partial charge in [0, 0.05) is 63.1 Å². The van der Waals surface area contributed by atoms with Crippen LogP contribution in [0.5, 0.6) is 0 Å². The molecule has 1 fully saturated rings. The van der Waals surface area contributed by atoms with Crippen LogP contribution in [0, 0.1) is 0 Å². The molecule has 0 atom stereocenters. The Morgan fingerprint density at radius 1 is 1.05 bits per heavy atom. The van der Waals surface area contributed by atoms with Crippen molar-refractivity contribution in [2.24, 2.45) is 0 Å². The number of hydrogen-bond acceptors (Lipinski definition) is 8.